The topological polar surface area (TPSA) is 78.8 Å². The highest BCUT2D eigenvalue weighted by atomic mass is 16.2. The molecule has 0 aliphatic carbocycles. The molecule has 26 heavy (non-hydrogen) atoms. The summed E-state index contributed by atoms with van der Waals surface area (Å²) in [6.45, 7) is 5.45. The van der Waals surface area contributed by atoms with E-state index in [1.165, 1.54) is 0 Å². The third kappa shape index (κ3) is 4.18. The monoisotopic (exact) mass is 352 g/mol. The number of hydrogen-bond donors (Lipinski definition) is 2. The van der Waals surface area contributed by atoms with Crippen LogP contribution in [0.4, 0.5) is 5.69 Å². The maximum atomic E-state index is 12.6. The Bertz CT molecular complexity index is 837. The maximum absolute atomic E-state index is 12.6. The summed E-state index contributed by atoms with van der Waals surface area (Å²) >= 11 is 0. The molecule has 1 amide bonds. The second kappa shape index (κ2) is 7.97. The Hall–Kier alpha value is -2.93. The van der Waals surface area contributed by atoms with Gasteiger partial charge < -0.3 is 10.3 Å². The number of aromatic amines is 1. The minimum Gasteiger partial charge on any atom is -0.345 e. The minimum atomic E-state index is -0.243. The average molecular weight is 352 g/mol. The number of aryl methyl sites for hydroxylation is 1. The van der Waals surface area contributed by atoms with Crippen LogP contribution < -0.4 is 5.32 Å². The van der Waals surface area contributed by atoms with E-state index in [-0.39, 0.29) is 11.9 Å². The van der Waals surface area contributed by atoms with E-state index in [4.69, 9.17) is 0 Å². The lowest BCUT2D eigenvalue weighted by molar-refractivity contribution is -0.120. The van der Waals surface area contributed by atoms with Gasteiger partial charge in [-0.05, 0) is 31.2 Å². The highest BCUT2D eigenvalue weighted by Crippen LogP contribution is 2.19. The first-order valence-corrected chi connectivity index (χ1v) is 8.68. The van der Waals surface area contributed by atoms with Gasteiger partial charge in [0.15, 0.2) is 0 Å². The summed E-state index contributed by atoms with van der Waals surface area (Å²) in [5.74, 6) is -0.0231. The fourth-order valence-electron chi connectivity index (χ4n) is 2.87. The number of hydrogen-bond acceptors (Lipinski definition) is 4. The molecule has 0 aliphatic rings. The van der Waals surface area contributed by atoms with E-state index in [0.717, 1.165) is 29.1 Å². The predicted octanol–water partition coefficient (Wildman–Crippen LogP) is 2.66. The molecule has 0 radical (unpaired) electrons. The van der Waals surface area contributed by atoms with Gasteiger partial charge in [0, 0.05) is 31.0 Å². The van der Waals surface area contributed by atoms with Crippen molar-refractivity contribution in [2.45, 2.75) is 26.4 Å². The van der Waals surface area contributed by atoms with Crippen LogP contribution in [0.1, 0.15) is 19.4 Å². The number of likely N-dealkylation sites (N-methyl/N-ethyl adjacent to an activating group) is 1. The second-order valence-electron chi connectivity index (χ2n) is 6.29. The Morgan fingerprint density at radius 3 is 2.65 bits per heavy atom. The molecule has 2 aromatic heterocycles. The van der Waals surface area contributed by atoms with Crippen LogP contribution in [0.2, 0.25) is 0 Å². The van der Waals surface area contributed by atoms with Crippen molar-refractivity contribution >= 4 is 11.6 Å². The lowest BCUT2D eigenvalue weighted by Gasteiger charge is -2.26. The lowest BCUT2D eigenvalue weighted by Crippen LogP contribution is -2.41. The Kier molecular flexibility index (Phi) is 5.48. The maximum Gasteiger partial charge on any atom is 0.241 e. The number of nitrogens with zero attached hydrogens (tertiary/aromatic N) is 4. The van der Waals surface area contributed by atoms with E-state index in [9.17, 15) is 4.79 Å². The smallest absolute Gasteiger partial charge is 0.241 e. The summed E-state index contributed by atoms with van der Waals surface area (Å²) in [5.41, 5.74) is 3.85. The molecule has 0 fully saturated rings. The predicted molar refractivity (Wildman–Crippen MR) is 101 cm³/mol. The highest BCUT2D eigenvalue weighted by molar-refractivity contribution is 5.94. The molecule has 0 bridgehead atoms. The molecule has 2 heterocycles. The summed E-state index contributed by atoms with van der Waals surface area (Å²) in [6, 6.07) is 7.48. The van der Waals surface area contributed by atoms with Crippen LogP contribution in [0.15, 0.2) is 49.2 Å². The molecule has 7 heteroatoms. The van der Waals surface area contributed by atoms with Gasteiger partial charge in [0.25, 0.3) is 0 Å². The normalized spacial score (nSPS) is 12.3. The van der Waals surface area contributed by atoms with Crippen LogP contribution in [0.5, 0.6) is 0 Å². The van der Waals surface area contributed by atoms with Gasteiger partial charge in [0.05, 0.1) is 30.5 Å². The van der Waals surface area contributed by atoms with E-state index in [2.05, 4.69) is 32.2 Å². The van der Waals surface area contributed by atoms with Crippen molar-refractivity contribution in [3.05, 3.63) is 54.7 Å². The number of H-pyrrole nitrogens is 1. The van der Waals surface area contributed by atoms with E-state index in [0.29, 0.717) is 6.54 Å². The van der Waals surface area contributed by atoms with Gasteiger partial charge in [-0.1, -0.05) is 19.1 Å². The van der Waals surface area contributed by atoms with Crippen molar-refractivity contribution in [3.8, 4) is 11.3 Å². The van der Waals surface area contributed by atoms with E-state index in [1.54, 1.807) is 17.2 Å². The molecule has 0 unspecified atom stereocenters. The number of carbonyl (C=O) groups is 1. The number of nitrogens with one attached hydrogen (secondary N) is 2. The molecule has 0 saturated heterocycles. The molecule has 0 spiro atoms. The summed E-state index contributed by atoms with van der Waals surface area (Å²) in [7, 11) is 1.89. The number of benzene rings is 1. The number of carbonyl (C=O) groups excluding carboxylic acids is 1. The van der Waals surface area contributed by atoms with Gasteiger partial charge in [0.2, 0.25) is 5.91 Å². The molecular weight excluding hydrogens is 328 g/mol. The number of amides is 1. The quantitative estimate of drug-likeness (QED) is 0.685. The zero-order valence-corrected chi connectivity index (χ0v) is 15.3. The first-order valence-electron chi connectivity index (χ1n) is 8.68. The summed E-state index contributed by atoms with van der Waals surface area (Å²) in [5, 5.41) is 7.18. The van der Waals surface area contributed by atoms with E-state index >= 15 is 0 Å². The number of aromatic nitrogens is 4. The Balaban J connectivity index is 1.62. The van der Waals surface area contributed by atoms with E-state index < -0.39 is 0 Å². The molecule has 1 atom stereocenters. The lowest BCUT2D eigenvalue weighted by atomic mass is 10.1. The first-order chi connectivity index (χ1) is 12.6. The molecule has 3 aromatic rings. The molecule has 0 saturated carbocycles. The van der Waals surface area contributed by atoms with Gasteiger partial charge in [0.1, 0.15) is 0 Å². The zero-order valence-electron chi connectivity index (χ0n) is 15.3. The molecule has 7 nitrogen and oxygen atoms in total. The van der Waals surface area contributed by atoms with Crippen molar-refractivity contribution in [3.63, 3.8) is 0 Å². The number of rotatable bonds is 7. The van der Waals surface area contributed by atoms with Crippen LogP contribution in [0.3, 0.4) is 0 Å². The van der Waals surface area contributed by atoms with Crippen molar-refractivity contribution in [2.75, 3.05) is 11.9 Å². The van der Waals surface area contributed by atoms with Gasteiger partial charge in [-0.2, -0.15) is 5.10 Å². The third-order valence-corrected chi connectivity index (χ3v) is 4.44. The van der Waals surface area contributed by atoms with Crippen molar-refractivity contribution in [1.29, 1.82) is 0 Å². The molecule has 3 rings (SSSR count). The van der Waals surface area contributed by atoms with Crippen molar-refractivity contribution < 1.29 is 4.79 Å². The Labute approximate surface area is 153 Å². The fourth-order valence-corrected chi connectivity index (χ4v) is 2.87. The van der Waals surface area contributed by atoms with Crippen LogP contribution in [-0.4, -0.2) is 43.1 Å². The molecule has 2 N–H and O–H groups in total. The summed E-state index contributed by atoms with van der Waals surface area (Å²) < 4.78 is 1.77. The number of imidazole rings is 1. The van der Waals surface area contributed by atoms with Gasteiger partial charge in [-0.15, -0.1) is 0 Å². The summed E-state index contributed by atoms with van der Waals surface area (Å²) in [4.78, 5) is 21.8. The van der Waals surface area contributed by atoms with Crippen molar-refractivity contribution in [2.24, 2.45) is 7.05 Å². The van der Waals surface area contributed by atoms with Crippen LogP contribution in [0, 0.1) is 0 Å². The zero-order chi connectivity index (χ0) is 18.5. The Morgan fingerprint density at radius 1 is 1.31 bits per heavy atom. The van der Waals surface area contributed by atoms with E-state index in [1.807, 2.05) is 50.6 Å². The largest absolute Gasteiger partial charge is 0.345 e. The molecular formula is C19H24N6O. The van der Waals surface area contributed by atoms with Crippen LogP contribution >= 0.6 is 0 Å². The molecule has 1 aromatic carbocycles. The van der Waals surface area contributed by atoms with Gasteiger partial charge in [-0.25, -0.2) is 4.98 Å². The van der Waals surface area contributed by atoms with Gasteiger partial charge in [-0.3, -0.25) is 14.4 Å². The number of anilines is 1. The first kappa shape index (κ1) is 17.9. The standard InChI is InChI=1S/C19H24N6O/c1-4-25(12-15-9-22-24(3)11-15)14(2)19(26)23-17-7-5-16(6-8-17)18-10-20-13-21-18/h5-11,13-14H,4,12H2,1-3H3,(H,20,21)(H,23,26)/t14-/m1/s1. The average Bonchev–Trinajstić information content (AvgIpc) is 3.31. The fraction of sp³-hybridized carbons (Fsp3) is 0.316. The van der Waals surface area contributed by atoms with Crippen LogP contribution in [-0.2, 0) is 18.4 Å². The SMILES string of the molecule is CCN(Cc1cnn(C)c1)[C@H](C)C(=O)Nc1ccc(-c2cnc[nH]2)cc1. The second-order valence-corrected chi connectivity index (χ2v) is 6.29. The molecule has 136 valence electrons. The Morgan fingerprint density at radius 2 is 2.08 bits per heavy atom. The van der Waals surface area contributed by atoms with Crippen LogP contribution in [0.25, 0.3) is 11.3 Å². The van der Waals surface area contributed by atoms with Gasteiger partial charge >= 0.3 is 0 Å². The molecule has 0 aliphatic heterocycles. The third-order valence-electron chi connectivity index (χ3n) is 4.44. The highest BCUT2D eigenvalue weighted by Gasteiger charge is 2.20. The minimum absolute atomic E-state index is 0.0231. The summed E-state index contributed by atoms with van der Waals surface area (Å²) in [6.07, 6.45) is 7.23. The van der Waals surface area contributed by atoms with Crippen molar-refractivity contribution in [1.82, 2.24) is 24.6 Å².